The zero-order valence-electron chi connectivity index (χ0n) is 18.6. The van der Waals surface area contributed by atoms with Gasteiger partial charge in [0.05, 0.1) is 18.0 Å². The molecule has 2 aromatic carbocycles. The molecule has 7 heteroatoms. The average molecular weight is 445 g/mol. The van der Waals surface area contributed by atoms with Crippen LogP contribution in [0.15, 0.2) is 47.4 Å². The van der Waals surface area contributed by atoms with Gasteiger partial charge in [0.2, 0.25) is 15.9 Å². The second-order valence-corrected chi connectivity index (χ2v) is 9.98. The van der Waals surface area contributed by atoms with Gasteiger partial charge in [-0.05, 0) is 81.1 Å². The van der Waals surface area contributed by atoms with Gasteiger partial charge in [0.1, 0.15) is 5.75 Å². The maximum absolute atomic E-state index is 13.5. The van der Waals surface area contributed by atoms with Crippen LogP contribution in [0, 0.1) is 13.8 Å². The summed E-state index contributed by atoms with van der Waals surface area (Å²) in [7, 11) is -3.82. The minimum atomic E-state index is -3.82. The molecule has 0 aliphatic heterocycles. The Bertz CT molecular complexity index is 997. The Labute approximate surface area is 185 Å². The molecule has 3 rings (SSSR count). The Morgan fingerprint density at radius 2 is 1.71 bits per heavy atom. The number of hydrogen-bond acceptors (Lipinski definition) is 4. The molecule has 1 saturated carbocycles. The lowest BCUT2D eigenvalue weighted by atomic mass is 9.95. The van der Waals surface area contributed by atoms with Crippen LogP contribution >= 0.6 is 0 Å². The van der Waals surface area contributed by atoms with E-state index in [-0.39, 0.29) is 23.4 Å². The van der Waals surface area contributed by atoms with Gasteiger partial charge in [-0.3, -0.25) is 4.79 Å². The van der Waals surface area contributed by atoms with Crippen LogP contribution in [0.3, 0.4) is 0 Å². The maximum atomic E-state index is 13.5. The molecule has 0 spiro atoms. The van der Waals surface area contributed by atoms with Crippen molar-refractivity contribution in [3.63, 3.8) is 0 Å². The number of carbonyl (C=O) groups excluding carboxylic acids is 1. The summed E-state index contributed by atoms with van der Waals surface area (Å²) in [6.45, 7) is 6.18. The fourth-order valence-corrected chi connectivity index (χ4v) is 5.59. The van der Waals surface area contributed by atoms with E-state index in [0.717, 1.165) is 43.2 Å². The first-order chi connectivity index (χ1) is 14.8. The van der Waals surface area contributed by atoms with Crippen molar-refractivity contribution in [2.75, 3.05) is 18.5 Å². The lowest BCUT2D eigenvalue weighted by Crippen LogP contribution is -2.45. The molecular weight excluding hydrogens is 412 g/mol. The monoisotopic (exact) mass is 444 g/mol. The van der Waals surface area contributed by atoms with E-state index in [4.69, 9.17) is 4.74 Å². The second-order valence-electron chi connectivity index (χ2n) is 8.09. The largest absolute Gasteiger partial charge is 0.494 e. The van der Waals surface area contributed by atoms with Crippen LogP contribution in [-0.2, 0) is 14.8 Å². The number of benzene rings is 2. The van der Waals surface area contributed by atoms with Crippen molar-refractivity contribution in [3.05, 3.63) is 53.6 Å². The Morgan fingerprint density at radius 3 is 2.32 bits per heavy atom. The Morgan fingerprint density at radius 1 is 1.03 bits per heavy atom. The summed E-state index contributed by atoms with van der Waals surface area (Å²) in [4.78, 5) is 13.0. The summed E-state index contributed by atoms with van der Waals surface area (Å²) in [6, 6.07) is 11.9. The highest BCUT2D eigenvalue weighted by Crippen LogP contribution is 2.28. The van der Waals surface area contributed by atoms with E-state index in [1.165, 1.54) is 4.31 Å². The van der Waals surface area contributed by atoms with Crippen molar-refractivity contribution < 1.29 is 17.9 Å². The summed E-state index contributed by atoms with van der Waals surface area (Å²) < 4.78 is 33.8. The number of sulfonamides is 1. The van der Waals surface area contributed by atoms with Crippen LogP contribution in [0.1, 0.15) is 50.2 Å². The van der Waals surface area contributed by atoms with Crippen molar-refractivity contribution in [2.45, 2.75) is 63.8 Å². The lowest BCUT2D eigenvalue weighted by molar-refractivity contribution is -0.116. The van der Waals surface area contributed by atoms with E-state index in [1.54, 1.807) is 24.3 Å². The molecule has 1 N–H and O–H groups in total. The molecule has 0 aromatic heterocycles. The molecule has 168 valence electrons. The zero-order valence-corrected chi connectivity index (χ0v) is 19.4. The highest BCUT2D eigenvalue weighted by Gasteiger charge is 2.34. The molecule has 0 heterocycles. The number of nitrogens with one attached hydrogen (secondary N) is 1. The second kappa shape index (κ2) is 10.3. The summed E-state index contributed by atoms with van der Waals surface area (Å²) in [5.41, 5.74) is 2.89. The molecular formula is C24H32N2O4S. The van der Waals surface area contributed by atoms with Gasteiger partial charge in [0.15, 0.2) is 0 Å². The Kier molecular flexibility index (Phi) is 7.73. The highest BCUT2D eigenvalue weighted by molar-refractivity contribution is 7.89. The van der Waals surface area contributed by atoms with E-state index in [1.807, 2.05) is 39.0 Å². The van der Waals surface area contributed by atoms with Gasteiger partial charge in [-0.15, -0.1) is 0 Å². The summed E-state index contributed by atoms with van der Waals surface area (Å²) in [5.74, 6) is 0.293. The quantitative estimate of drug-likeness (QED) is 0.642. The molecule has 2 aromatic rings. The molecule has 0 atom stereocenters. The third-order valence-corrected chi connectivity index (χ3v) is 7.73. The van der Waals surface area contributed by atoms with Crippen LogP contribution in [0.4, 0.5) is 5.69 Å². The molecule has 6 nitrogen and oxygen atoms in total. The number of ether oxygens (including phenoxy) is 1. The lowest BCUT2D eigenvalue weighted by Gasteiger charge is -2.33. The fourth-order valence-electron chi connectivity index (χ4n) is 3.95. The van der Waals surface area contributed by atoms with Crippen molar-refractivity contribution in [2.24, 2.45) is 0 Å². The first-order valence-electron chi connectivity index (χ1n) is 10.9. The fraction of sp³-hybridized carbons (Fsp3) is 0.458. The zero-order chi connectivity index (χ0) is 22.4. The normalized spacial score (nSPS) is 15.1. The molecule has 1 aliphatic rings. The number of hydrogen-bond donors (Lipinski definition) is 1. The minimum Gasteiger partial charge on any atom is -0.494 e. The van der Waals surface area contributed by atoms with E-state index in [9.17, 15) is 13.2 Å². The van der Waals surface area contributed by atoms with Gasteiger partial charge in [-0.2, -0.15) is 4.31 Å². The molecule has 0 unspecified atom stereocenters. The van der Waals surface area contributed by atoms with Crippen LogP contribution in [0.5, 0.6) is 5.75 Å². The van der Waals surface area contributed by atoms with Crippen molar-refractivity contribution >= 4 is 21.6 Å². The predicted octanol–water partition coefficient (Wildman–Crippen LogP) is 4.66. The standard InChI is InChI=1S/C24H32N2O4S/c1-4-30-22-12-14-23(15-13-22)31(28,29)26(21-8-6-5-7-9-21)17-24(27)25-20-11-10-18(2)19(3)16-20/h10-16,21H,4-9,17H2,1-3H3,(H,25,27). The van der Waals surface area contributed by atoms with Gasteiger partial charge in [-0.25, -0.2) is 8.42 Å². The molecule has 1 amide bonds. The maximum Gasteiger partial charge on any atom is 0.243 e. The third kappa shape index (κ3) is 5.86. The van der Waals surface area contributed by atoms with E-state index < -0.39 is 10.0 Å². The number of anilines is 1. The van der Waals surface area contributed by atoms with Gasteiger partial charge in [-0.1, -0.05) is 25.3 Å². The van der Waals surface area contributed by atoms with Crippen molar-refractivity contribution in [1.29, 1.82) is 0 Å². The smallest absolute Gasteiger partial charge is 0.243 e. The van der Waals surface area contributed by atoms with Gasteiger partial charge in [0.25, 0.3) is 0 Å². The van der Waals surface area contributed by atoms with Gasteiger partial charge < -0.3 is 10.1 Å². The third-order valence-electron chi connectivity index (χ3n) is 5.81. The minimum absolute atomic E-state index is 0.171. The van der Waals surface area contributed by atoms with E-state index in [0.29, 0.717) is 18.0 Å². The number of nitrogens with zero attached hydrogens (tertiary/aromatic N) is 1. The Hall–Kier alpha value is -2.38. The van der Waals surface area contributed by atoms with Crippen molar-refractivity contribution in [3.8, 4) is 5.75 Å². The molecule has 31 heavy (non-hydrogen) atoms. The number of amides is 1. The van der Waals surface area contributed by atoms with Crippen LogP contribution < -0.4 is 10.1 Å². The summed E-state index contributed by atoms with van der Waals surface area (Å²) in [6.07, 6.45) is 4.58. The summed E-state index contributed by atoms with van der Waals surface area (Å²) >= 11 is 0. The first kappa shape index (κ1) is 23.3. The predicted molar refractivity (Wildman–Crippen MR) is 123 cm³/mol. The highest BCUT2D eigenvalue weighted by atomic mass is 32.2. The van der Waals surface area contributed by atoms with E-state index in [2.05, 4.69) is 5.32 Å². The number of carbonyl (C=O) groups is 1. The van der Waals surface area contributed by atoms with Crippen LogP contribution in [-0.4, -0.2) is 37.8 Å². The van der Waals surface area contributed by atoms with Crippen molar-refractivity contribution in [1.82, 2.24) is 4.31 Å². The SMILES string of the molecule is CCOc1ccc(S(=O)(=O)N(CC(=O)Nc2ccc(C)c(C)c2)C2CCCCC2)cc1. The van der Waals surface area contributed by atoms with Gasteiger partial charge in [0, 0.05) is 11.7 Å². The Balaban J connectivity index is 1.83. The first-order valence-corrected chi connectivity index (χ1v) is 12.4. The van der Waals surface area contributed by atoms with E-state index >= 15 is 0 Å². The number of aryl methyl sites for hydroxylation is 2. The molecule has 0 bridgehead atoms. The van der Waals surface area contributed by atoms with Crippen LogP contribution in [0.25, 0.3) is 0 Å². The molecule has 1 fully saturated rings. The van der Waals surface area contributed by atoms with Gasteiger partial charge >= 0.3 is 0 Å². The van der Waals surface area contributed by atoms with Crippen LogP contribution in [0.2, 0.25) is 0 Å². The molecule has 1 aliphatic carbocycles. The number of rotatable bonds is 8. The molecule has 0 saturated heterocycles. The average Bonchev–Trinajstić information content (AvgIpc) is 2.76. The molecule has 0 radical (unpaired) electrons. The summed E-state index contributed by atoms with van der Waals surface area (Å²) in [5, 5.41) is 2.86. The topological polar surface area (TPSA) is 75.7 Å².